The van der Waals surface area contributed by atoms with Crippen LogP contribution in [0.15, 0.2) is 0 Å². The molecule has 3 heteroatoms. The van der Waals surface area contributed by atoms with Gasteiger partial charge < -0.3 is 5.32 Å². The van der Waals surface area contributed by atoms with Gasteiger partial charge in [0.25, 0.3) is 0 Å². The van der Waals surface area contributed by atoms with E-state index >= 15 is 0 Å². The molecule has 3 rings (SSSR count). The van der Waals surface area contributed by atoms with Crippen LogP contribution in [-0.2, 0) is 0 Å². The fourth-order valence-corrected chi connectivity index (χ4v) is 4.75. The highest BCUT2D eigenvalue weighted by atomic mass is 32.1. The van der Waals surface area contributed by atoms with Crippen LogP contribution in [-0.4, -0.2) is 9.98 Å². The van der Waals surface area contributed by atoms with E-state index in [-0.39, 0.29) is 5.41 Å². The summed E-state index contributed by atoms with van der Waals surface area (Å²) in [5.41, 5.74) is 0.231. The first-order valence-electron chi connectivity index (χ1n) is 4.99. The van der Waals surface area contributed by atoms with Gasteiger partial charge in [-0.3, -0.25) is 0 Å². The Morgan fingerprint density at radius 1 is 1.38 bits per heavy atom. The predicted octanol–water partition coefficient (Wildman–Crippen LogP) is 2.30. The molecule has 1 aliphatic heterocycles. The van der Waals surface area contributed by atoms with Crippen molar-refractivity contribution < 1.29 is 0 Å². The zero-order chi connectivity index (χ0) is 9.22. The molecule has 3 aliphatic rings. The minimum absolute atomic E-state index is 0.231. The molecule has 2 bridgehead atoms. The van der Waals surface area contributed by atoms with Gasteiger partial charge >= 0.3 is 0 Å². The molecule has 1 N–H and O–H groups in total. The van der Waals surface area contributed by atoms with E-state index in [0.29, 0.717) is 5.92 Å². The Kier molecular flexibility index (Phi) is 1.48. The van der Waals surface area contributed by atoms with Crippen molar-refractivity contribution in [1.29, 1.82) is 0 Å². The van der Waals surface area contributed by atoms with Gasteiger partial charge in [0.05, 0.1) is 9.98 Å². The standard InChI is InChI=1S/C10H13NS2/c1-10-6-3-2-5(4-6)7(10)8(12)11-9(10)13/h5-7H,2-4H2,1H3,(H,11,12,13). The maximum absolute atomic E-state index is 5.41. The van der Waals surface area contributed by atoms with Crippen LogP contribution < -0.4 is 5.32 Å². The second-order valence-corrected chi connectivity index (χ2v) is 5.70. The van der Waals surface area contributed by atoms with E-state index in [9.17, 15) is 0 Å². The molecule has 0 amide bonds. The summed E-state index contributed by atoms with van der Waals surface area (Å²) >= 11 is 10.8. The molecule has 2 aliphatic carbocycles. The lowest BCUT2D eigenvalue weighted by molar-refractivity contribution is 0.250. The molecule has 4 unspecified atom stereocenters. The smallest absolute Gasteiger partial charge is 0.0871 e. The molecule has 4 atom stereocenters. The van der Waals surface area contributed by atoms with Crippen molar-refractivity contribution >= 4 is 34.4 Å². The zero-order valence-electron chi connectivity index (χ0n) is 7.67. The van der Waals surface area contributed by atoms with Gasteiger partial charge in [0.2, 0.25) is 0 Å². The van der Waals surface area contributed by atoms with E-state index in [2.05, 4.69) is 12.2 Å². The molecule has 0 radical (unpaired) electrons. The van der Waals surface area contributed by atoms with Crippen molar-refractivity contribution in [3.8, 4) is 0 Å². The van der Waals surface area contributed by atoms with E-state index in [1.165, 1.54) is 19.3 Å². The lowest BCUT2D eigenvalue weighted by Gasteiger charge is -2.33. The molecule has 70 valence electrons. The highest BCUT2D eigenvalue weighted by molar-refractivity contribution is 7.82. The first-order valence-corrected chi connectivity index (χ1v) is 5.81. The van der Waals surface area contributed by atoms with Crippen LogP contribution in [0.1, 0.15) is 26.2 Å². The van der Waals surface area contributed by atoms with Crippen molar-refractivity contribution in [3.63, 3.8) is 0 Å². The van der Waals surface area contributed by atoms with Gasteiger partial charge in [-0.25, -0.2) is 0 Å². The molecule has 1 heterocycles. The molecule has 0 aromatic heterocycles. The lowest BCUT2D eigenvalue weighted by Crippen LogP contribution is -2.36. The van der Waals surface area contributed by atoms with E-state index in [4.69, 9.17) is 24.4 Å². The van der Waals surface area contributed by atoms with E-state index in [1.807, 2.05) is 0 Å². The summed E-state index contributed by atoms with van der Waals surface area (Å²) in [6.45, 7) is 2.32. The monoisotopic (exact) mass is 211 g/mol. The summed E-state index contributed by atoms with van der Waals surface area (Å²) in [6, 6.07) is 0. The molecule has 1 nitrogen and oxygen atoms in total. The van der Waals surface area contributed by atoms with Gasteiger partial charge in [-0.2, -0.15) is 0 Å². The number of hydrogen-bond donors (Lipinski definition) is 1. The molecule has 0 spiro atoms. The van der Waals surface area contributed by atoms with Gasteiger partial charge in [-0.05, 0) is 31.1 Å². The second-order valence-electron chi connectivity index (χ2n) is 4.85. The number of fused-ring (bicyclic) bond motifs is 5. The summed E-state index contributed by atoms with van der Waals surface area (Å²) in [6.07, 6.45) is 4.10. The fraction of sp³-hybridized carbons (Fsp3) is 0.800. The van der Waals surface area contributed by atoms with Crippen LogP contribution in [0.5, 0.6) is 0 Å². The minimum atomic E-state index is 0.231. The number of rotatable bonds is 0. The molecule has 1 saturated heterocycles. The van der Waals surface area contributed by atoms with Crippen molar-refractivity contribution in [3.05, 3.63) is 0 Å². The van der Waals surface area contributed by atoms with E-state index in [0.717, 1.165) is 21.8 Å². The topological polar surface area (TPSA) is 12.0 Å². The highest BCUT2D eigenvalue weighted by Crippen LogP contribution is 2.62. The Hall–Kier alpha value is -0.0200. The van der Waals surface area contributed by atoms with Crippen molar-refractivity contribution in [1.82, 2.24) is 5.32 Å². The number of thiocarbonyl (C=S) groups is 2. The Labute approximate surface area is 89.3 Å². The summed E-state index contributed by atoms with van der Waals surface area (Å²) < 4.78 is 0. The Balaban J connectivity index is 2.12. The van der Waals surface area contributed by atoms with E-state index in [1.54, 1.807) is 0 Å². The van der Waals surface area contributed by atoms with Crippen LogP contribution in [0.2, 0.25) is 0 Å². The summed E-state index contributed by atoms with van der Waals surface area (Å²) in [5.74, 6) is 2.21. The average Bonchev–Trinajstić information content (AvgIpc) is 2.66. The maximum Gasteiger partial charge on any atom is 0.0871 e. The summed E-state index contributed by atoms with van der Waals surface area (Å²) in [5, 5.41) is 3.22. The molecule has 3 fully saturated rings. The molecule has 0 aromatic rings. The SMILES string of the molecule is CC12C(=S)NC(=S)C1C1CCC2C1. The predicted molar refractivity (Wildman–Crippen MR) is 60.8 cm³/mol. The van der Waals surface area contributed by atoms with Gasteiger partial charge in [0.15, 0.2) is 0 Å². The van der Waals surface area contributed by atoms with Crippen molar-refractivity contribution in [2.45, 2.75) is 26.2 Å². The summed E-state index contributed by atoms with van der Waals surface area (Å²) in [4.78, 5) is 2.05. The Bertz CT molecular complexity index is 312. The average molecular weight is 211 g/mol. The maximum atomic E-state index is 5.41. The Morgan fingerprint density at radius 2 is 2.15 bits per heavy atom. The fourth-order valence-electron chi connectivity index (χ4n) is 3.74. The lowest BCUT2D eigenvalue weighted by atomic mass is 9.69. The molecule has 0 aromatic carbocycles. The molecule has 13 heavy (non-hydrogen) atoms. The number of nitrogens with one attached hydrogen (secondary N) is 1. The third-order valence-electron chi connectivity index (χ3n) is 4.45. The largest absolute Gasteiger partial charge is 0.344 e. The third-order valence-corrected chi connectivity index (χ3v) is 5.35. The van der Waals surface area contributed by atoms with Crippen LogP contribution >= 0.6 is 24.4 Å². The van der Waals surface area contributed by atoms with Gasteiger partial charge in [0, 0.05) is 11.3 Å². The van der Waals surface area contributed by atoms with Gasteiger partial charge in [-0.15, -0.1) is 0 Å². The zero-order valence-corrected chi connectivity index (χ0v) is 9.30. The molecular weight excluding hydrogens is 198 g/mol. The summed E-state index contributed by atoms with van der Waals surface area (Å²) in [7, 11) is 0. The van der Waals surface area contributed by atoms with Crippen molar-refractivity contribution in [2.24, 2.45) is 23.2 Å². The number of hydrogen-bond acceptors (Lipinski definition) is 2. The quantitative estimate of drug-likeness (QED) is 0.618. The van der Waals surface area contributed by atoms with Crippen LogP contribution in [0, 0.1) is 23.2 Å². The third kappa shape index (κ3) is 0.785. The first kappa shape index (κ1) is 8.30. The van der Waals surface area contributed by atoms with E-state index < -0.39 is 0 Å². The highest BCUT2D eigenvalue weighted by Gasteiger charge is 2.62. The van der Waals surface area contributed by atoms with Crippen LogP contribution in [0.4, 0.5) is 0 Å². The molecule has 2 saturated carbocycles. The van der Waals surface area contributed by atoms with Crippen LogP contribution in [0.3, 0.4) is 0 Å². The van der Waals surface area contributed by atoms with Crippen LogP contribution in [0.25, 0.3) is 0 Å². The second kappa shape index (κ2) is 2.31. The molecular formula is C10H13NS2. The normalized spacial score (nSPS) is 52.5. The van der Waals surface area contributed by atoms with Gasteiger partial charge in [-0.1, -0.05) is 31.4 Å². The first-order chi connectivity index (χ1) is 6.14. The van der Waals surface area contributed by atoms with Gasteiger partial charge in [0.1, 0.15) is 0 Å². The van der Waals surface area contributed by atoms with Crippen molar-refractivity contribution in [2.75, 3.05) is 0 Å². The minimum Gasteiger partial charge on any atom is -0.344 e. The Morgan fingerprint density at radius 3 is 2.85 bits per heavy atom.